The Morgan fingerprint density at radius 2 is 2.00 bits per heavy atom. The van der Waals surface area contributed by atoms with Crippen LogP contribution in [0.15, 0.2) is 55.0 Å². The average Bonchev–Trinajstić information content (AvgIpc) is 3.29. The third-order valence-corrected chi connectivity index (χ3v) is 5.96. The van der Waals surface area contributed by atoms with E-state index < -0.39 is 5.82 Å². The minimum Gasteiger partial charge on any atom is -0.421 e. The number of aromatic nitrogens is 5. The highest BCUT2D eigenvalue weighted by molar-refractivity contribution is 6.07. The first-order valence-corrected chi connectivity index (χ1v) is 11.6. The van der Waals surface area contributed by atoms with Gasteiger partial charge in [-0.2, -0.15) is 0 Å². The summed E-state index contributed by atoms with van der Waals surface area (Å²) in [5.74, 6) is 2.30. The van der Waals surface area contributed by atoms with Crippen molar-refractivity contribution < 1.29 is 14.2 Å². The van der Waals surface area contributed by atoms with E-state index in [1.807, 2.05) is 18.2 Å². The molecule has 37 heavy (non-hydrogen) atoms. The van der Waals surface area contributed by atoms with Crippen LogP contribution in [0.25, 0.3) is 33.4 Å². The van der Waals surface area contributed by atoms with E-state index >= 15 is 4.39 Å². The van der Waals surface area contributed by atoms with Crippen LogP contribution in [0.1, 0.15) is 23.2 Å². The first-order valence-electron chi connectivity index (χ1n) is 11.6. The molecule has 3 aromatic heterocycles. The summed E-state index contributed by atoms with van der Waals surface area (Å²) >= 11 is 0. The van der Waals surface area contributed by atoms with E-state index in [0.29, 0.717) is 46.4 Å². The van der Waals surface area contributed by atoms with Gasteiger partial charge in [0, 0.05) is 35.2 Å². The van der Waals surface area contributed by atoms with Crippen LogP contribution in [0, 0.1) is 25.1 Å². The quantitative estimate of drug-likeness (QED) is 0.278. The number of anilines is 1. The van der Waals surface area contributed by atoms with Gasteiger partial charge in [0.05, 0.1) is 11.1 Å². The predicted octanol–water partition coefficient (Wildman–Crippen LogP) is 4.81. The summed E-state index contributed by atoms with van der Waals surface area (Å²) in [6.45, 7) is 1.83. The highest BCUT2D eigenvalue weighted by Gasteiger charge is 2.22. The Morgan fingerprint density at radius 1 is 1.14 bits per heavy atom. The summed E-state index contributed by atoms with van der Waals surface area (Å²) < 4.78 is 20.9. The van der Waals surface area contributed by atoms with Crippen LogP contribution in [0.4, 0.5) is 10.2 Å². The average molecular weight is 495 g/mol. The molecule has 0 aliphatic heterocycles. The van der Waals surface area contributed by atoms with Gasteiger partial charge < -0.3 is 20.6 Å². The number of halogens is 1. The highest BCUT2D eigenvalue weighted by atomic mass is 19.1. The van der Waals surface area contributed by atoms with Crippen molar-refractivity contribution >= 4 is 16.9 Å². The number of fused-ring (bicyclic) bond motifs is 1. The molecule has 8 nitrogen and oxygen atoms in total. The van der Waals surface area contributed by atoms with Gasteiger partial charge in [-0.05, 0) is 61.2 Å². The first kappa shape index (κ1) is 23.9. The number of nitrogens with two attached hydrogens (primary N) is 1. The van der Waals surface area contributed by atoms with E-state index in [0.717, 1.165) is 16.7 Å². The van der Waals surface area contributed by atoms with Crippen LogP contribution in [-0.2, 0) is 6.42 Å². The van der Waals surface area contributed by atoms with Crippen molar-refractivity contribution in [3.05, 3.63) is 77.6 Å². The number of nitrogens with one attached hydrogen (secondary N) is 1. The number of aromatic amines is 1. The molecule has 4 N–H and O–H groups in total. The highest BCUT2D eigenvalue weighted by Crippen LogP contribution is 2.42. The van der Waals surface area contributed by atoms with Gasteiger partial charge >= 0.3 is 6.01 Å². The van der Waals surface area contributed by atoms with Gasteiger partial charge in [0.15, 0.2) is 11.6 Å². The van der Waals surface area contributed by atoms with Crippen molar-refractivity contribution in [2.45, 2.75) is 19.8 Å². The summed E-state index contributed by atoms with van der Waals surface area (Å²) in [6.07, 6.45) is 9.69. The number of aliphatic hydroxyl groups is 1. The fraction of sp³-hybridized carbons (Fsp3) is 0.143. The molecule has 5 rings (SSSR count). The summed E-state index contributed by atoms with van der Waals surface area (Å²) in [4.78, 5) is 20.0. The molecule has 0 aliphatic carbocycles. The molecule has 0 fully saturated rings. The molecule has 9 heteroatoms. The van der Waals surface area contributed by atoms with Crippen LogP contribution < -0.4 is 10.5 Å². The van der Waals surface area contributed by atoms with Crippen molar-refractivity contribution in [1.29, 1.82) is 0 Å². The van der Waals surface area contributed by atoms with E-state index in [-0.39, 0.29) is 24.2 Å². The van der Waals surface area contributed by atoms with E-state index in [9.17, 15) is 5.11 Å². The van der Waals surface area contributed by atoms with Crippen molar-refractivity contribution in [2.24, 2.45) is 0 Å². The molecule has 0 radical (unpaired) electrons. The number of aryl methyl sites for hydroxylation is 2. The minimum atomic E-state index is -0.596. The Morgan fingerprint density at radius 3 is 2.76 bits per heavy atom. The van der Waals surface area contributed by atoms with Crippen LogP contribution in [0.2, 0.25) is 0 Å². The first-order chi connectivity index (χ1) is 18.0. The molecule has 0 spiro atoms. The van der Waals surface area contributed by atoms with E-state index in [2.05, 4.69) is 30.8 Å². The van der Waals surface area contributed by atoms with E-state index in [1.165, 1.54) is 18.5 Å². The standard InChI is InChI=1S/C28H23FN6O2/c1-3-17-6-8-20(18(13-17)5-4-12-36)25-23(24-26(30)32-15-33-27(24)35-25)19-7-9-22(21(29)14-19)37-28-31-11-10-16(2)34-28/h1,6-11,13-15,36H,4-5,12H2,2H3,(H3,30,32,33,35). The number of aliphatic hydroxyl groups excluding tert-OH is 1. The normalized spacial score (nSPS) is 11.0. The number of nitrogen functional groups attached to an aromatic ring is 1. The monoisotopic (exact) mass is 494 g/mol. The van der Waals surface area contributed by atoms with Gasteiger partial charge in [0.1, 0.15) is 17.8 Å². The fourth-order valence-electron chi connectivity index (χ4n) is 4.25. The van der Waals surface area contributed by atoms with Crippen molar-refractivity contribution in [3.8, 4) is 46.5 Å². The summed E-state index contributed by atoms with van der Waals surface area (Å²) in [6, 6.07) is 12.1. The zero-order valence-electron chi connectivity index (χ0n) is 20.0. The summed E-state index contributed by atoms with van der Waals surface area (Å²) in [5, 5.41) is 10.0. The van der Waals surface area contributed by atoms with Gasteiger partial charge in [0.2, 0.25) is 0 Å². The van der Waals surface area contributed by atoms with Crippen molar-refractivity contribution in [1.82, 2.24) is 24.9 Å². The van der Waals surface area contributed by atoms with Gasteiger partial charge in [0.25, 0.3) is 0 Å². The van der Waals surface area contributed by atoms with Gasteiger partial charge in [-0.3, -0.25) is 0 Å². The molecule has 5 aromatic rings. The van der Waals surface area contributed by atoms with Crippen LogP contribution >= 0.6 is 0 Å². The molecule has 0 saturated heterocycles. The number of terminal acetylenes is 1. The van der Waals surface area contributed by atoms with Crippen molar-refractivity contribution in [3.63, 3.8) is 0 Å². The van der Waals surface area contributed by atoms with E-state index in [4.69, 9.17) is 16.9 Å². The fourth-order valence-corrected chi connectivity index (χ4v) is 4.25. The molecule has 0 aliphatic rings. The number of hydrogen-bond donors (Lipinski definition) is 3. The number of hydrogen-bond acceptors (Lipinski definition) is 7. The van der Waals surface area contributed by atoms with E-state index in [1.54, 1.807) is 25.3 Å². The summed E-state index contributed by atoms with van der Waals surface area (Å²) in [5.41, 5.74) is 11.9. The lowest BCUT2D eigenvalue weighted by atomic mass is 9.93. The van der Waals surface area contributed by atoms with Crippen LogP contribution in [-0.4, -0.2) is 36.6 Å². The lowest BCUT2D eigenvalue weighted by Gasteiger charge is -2.13. The molecule has 0 atom stereocenters. The zero-order valence-corrected chi connectivity index (χ0v) is 20.0. The summed E-state index contributed by atoms with van der Waals surface area (Å²) in [7, 11) is 0. The maximum atomic E-state index is 15.3. The molecule has 2 aromatic carbocycles. The maximum Gasteiger partial charge on any atom is 0.322 e. The Balaban J connectivity index is 1.67. The third-order valence-electron chi connectivity index (χ3n) is 5.96. The molecule has 0 amide bonds. The Bertz CT molecular complexity index is 1660. The molecule has 3 heterocycles. The Hall–Kier alpha value is -4.81. The topological polar surface area (TPSA) is 123 Å². The van der Waals surface area contributed by atoms with Crippen molar-refractivity contribution in [2.75, 3.05) is 12.3 Å². The number of nitrogens with zero attached hydrogens (tertiary/aromatic N) is 4. The minimum absolute atomic E-state index is 0.0121. The largest absolute Gasteiger partial charge is 0.421 e. The second-order valence-electron chi connectivity index (χ2n) is 8.43. The maximum absolute atomic E-state index is 15.3. The van der Waals surface area contributed by atoms with Gasteiger partial charge in [-0.25, -0.2) is 24.3 Å². The van der Waals surface area contributed by atoms with Gasteiger partial charge in [-0.15, -0.1) is 6.42 Å². The molecular formula is C28H23FN6O2. The number of ether oxygens (including phenoxy) is 1. The number of benzene rings is 2. The lowest BCUT2D eigenvalue weighted by molar-refractivity contribution is 0.288. The molecule has 0 bridgehead atoms. The zero-order chi connectivity index (χ0) is 25.9. The molecular weight excluding hydrogens is 471 g/mol. The second kappa shape index (κ2) is 10.0. The predicted molar refractivity (Wildman–Crippen MR) is 139 cm³/mol. The Kier molecular flexibility index (Phi) is 6.49. The lowest BCUT2D eigenvalue weighted by Crippen LogP contribution is -1.97. The number of H-pyrrole nitrogens is 1. The van der Waals surface area contributed by atoms with Crippen LogP contribution in [0.3, 0.4) is 0 Å². The van der Waals surface area contributed by atoms with Gasteiger partial charge in [-0.1, -0.05) is 18.1 Å². The molecule has 0 saturated carbocycles. The Labute approximate surface area is 212 Å². The number of rotatable bonds is 7. The SMILES string of the molecule is C#Cc1ccc(-c2[nH]c3ncnc(N)c3c2-c2ccc(Oc3nccc(C)n3)c(F)c2)c(CCCO)c1. The smallest absolute Gasteiger partial charge is 0.322 e. The molecule has 184 valence electrons. The second-order valence-corrected chi connectivity index (χ2v) is 8.43. The third kappa shape index (κ3) is 4.70. The van der Waals surface area contributed by atoms with Crippen LogP contribution in [0.5, 0.6) is 11.8 Å². The molecule has 0 unspecified atom stereocenters.